The van der Waals surface area contributed by atoms with Crippen LogP contribution in [0.25, 0.3) is 0 Å². The van der Waals surface area contributed by atoms with E-state index in [0.717, 1.165) is 13.1 Å². The Hall–Kier alpha value is -2.79. The van der Waals surface area contributed by atoms with Gasteiger partial charge in [-0.3, -0.25) is 4.90 Å². The van der Waals surface area contributed by atoms with E-state index < -0.39 is 5.60 Å². The molecule has 0 bridgehead atoms. The zero-order chi connectivity index (χ0) is 19.9. The summed E-state index contributed by atoms with van der Waals surface area (Å²) in [5.74, 6) is 0. The summed E-state index contributed by atoms with van der Waals surface area (Å²) < 4.78 is 5.38. The molecule has 1 heterocycles. The van der Waals surface area contributed by atoms with E-state index in [1.54, 1.807) is 29.2 Å². The van der Waals surface area contributed by atoms with Gasteiger partial charge in [0, 0.05) is 45.0 Å². The molecule has 1 aromatic carbocycles. The van der Waals surface area contributed by atoms with Crippen LogP contribution in [-0.2, 0) is 4.74 Å². The molecule has 146 valence electrons. The van der Waals surface area contributed by atoms with Crippen molar-refractivity contribution in [2.24, 2.45) is 0 Å². The van der Waals surface area contributed by atoms with E-state index in [0.29, 0.717) is 37.4 Å². The number of rotatable bonds is 4. The van der Waals surface area contributed by atoms with Crippen molar-refractivity contribution < 1.29 is 14.3 Å². The summed E-state index contributed by atoms with van der Waals surface area (Å²) in [5, 5.41) is 14.4. The molecule has 8 nitrogen and oxygen atoms in total. The van der Waals surface area contributed by atoms with E-state index in [2.05, 4.69) is 15.5 Å². The Kier molecular flexibility index (Phi) is 7.02. The monoisotopic (exact) mass is 373 g/mol. The second-order valence-electron chi connectivity index (χ2n) is 7.38. The highest BCUT2D eigenvalue weighted by atomic mass is 16.6. The summed E-state index contributed by atoms with van der Waals surface area (Å²) in [6.07, 6.45) is -0.278. The largest absolute Gasteiger partial charge is 0.444 e. The molecule has 2 rings (SSSR count). The van der Waals surface area contributed by atoms with Crippen molar-refractivity contribution in [1.82, 2.24) is 15.1 Å². The fraction of sp³-hybridized carbons (Fsp3) is 0.526. The van der Waals surface area contributed by atoms with Gasteiger partial charge in [0.25, 0.3) is 0 Å². The molecule has 3 amide bonds. The predicted molar refractivity (Wildman–Crippen MR) is 102 cm³/mol. The Bertz CT molecular complexity index is 700. The number of nitriles is 1. The number of carbonyl (C=O) groups is 2. The van der Waals surface area contributed by atoms with E-state index in [9.17, 15) is 9.59 Å². The van der Waals surface area contributed by atoms with Crippen LogP contribution in [0.2, 0.25) is 0 Å². The number of piperazine rings is 1. The van der Waals surface area contributed by atoms with E-state index >= 15 is 0 Å². The highest BCUT2D eigenvalue weighted by Crippen LogP contribution is 2.12. The maximum absolute atomic E-state index is 12.0. The van der Waals surface area contributed by atoms with Gasteiger partial charge in [-0.25, -0.2) is 9.59 Å². The minimum absolute atomic E-state index is 0.278. The number of hydrogen-bond acceptors (Lipinski definition) is 5. The van der Waals surface area contributed by atoms with Crippen molar-refractivity contribution in [1.29, 1.82) is 5.26 Å². The number of anilines is 1. The average Bonchev–Trinajstić information content (AvgIpc) is 2.61. The third-order valence-corrected chi connectivity index (χ3v) is 3.99. The number of benzene rings is 1. The lowest BCUT2D eigenvalue weighted by atomic mass is 10.2. The van der Waals surface area contributed by atoms with Crippen LogP contribution in [0.15, 0.2) is 24.3 Å². The number of nitrogens with zero attached hydrogens (tertiary/aromatic N) is 3. The number of ether oxygens (including phenoxy) is 1. The summed E-state index contributed by atoms with van der Waals surface area (Å²) in [7, 11) is 0. The van der Waals surface area contributed by atoms with Crippen LogP contribution in [0.1, 0.15) is 26.3 Å². The van der Waals surface area contributed by atoms with Gasteiger partial charge in [-0.2, -0.15) is 5.26 Å². The molecule has 1 saturated heterocycles. The van der Waals surface area contributed by atoms with E-state index in [-0.39, 0.29) is 12.1 Å². The molecule has 1 aromatic rings. The fourth-order valence-electron chi connectivity index (χ4n) is 2.65. The van der Waals surface area contributed by atoms with Crippen molar-refractivity contribution in [2.75, 3.05) is 44.6 Å². The highest BCUT2D eigenvalue weighted by molar-refractivity contribution is 5.89. The molecule has 1 aliphatic heterocycles. The van der Waals surface area contributed by atoms with Gasteiger partial charge < -0.3 is 20.3 Å². The maximum atomic E-state index is 12.0. The zero-order valence-corrected chi connectivity index (χ0v) is 16.1. The van der Waals surface area contributed by atoms with Gasteiger partial charge in [0.1, 0.15) is 5.60 Å². The molecule has 0 atom stereocenters. The Morgan fingerprint density at radius 3 is 2.56 bits per heavy atom. The molecular weight excluding hydrogens is 346 g/mol. The highest BCUT2D eigenvalue weighted by Gasteiger charge is 2.25. The van der Waals surface area contributed by atoms with Crippen molar-refractivity contribution in [3.05, 3.63) is 29.8 Å². The topological polar surface area (TPSA) is 97.7 Å². The lowest BCUT2D eigenvalue weighted by Crippen LogP contribution is -2.51. The van der Waals surface area contributed by atoms with Gasteiger partial charge in [0.05, 0.1) is 11.6 Å². The van der Waals surface area contributed by atoms with Crippen LogP contribution in [0.5, 0.6) is 0 Å². The Balaban J connectivity index is 1.66. The second kappa shape index (κ2) is 9.24. The van der Waals surface area contributed by atoms with Crippen molar-refractivity contribution in [3.8, 4) is 6.07 Å². The van der Waals surface area contributed by atoms with E-state index in [1.807, 2.05) is 26.8 Å². The zero-order valence-electron chi connectivity index (χ0n) is 16.1. The van der Waals surface area contributed by atoms with Gasteiger partial charge in [-0.1, -0.05) is 6.07 Å². The molecule has 1 aliphatic rings. The van der Waals surface area contributed by atoms with Crippen LogP contribution in [-0.4, -0.2) is 66.8 Å². The molecule has 8 heteroatoms. The third kappa shape index (κ3) is 7.15. The van der Waals surface area contributed by atoms with Gasteiger partial charge in [0.2, 0.25) is 0 Å². The van der Waals surface area contributed by atoms with Crippen LogP contribution in [0.3, 0.4) is 0 Å². The number of hydrogen-bond donors (Lipinski definition) is 2. The molecule has 0 radical (unpaired) electrons. The fourth-order valence-corrected chi connectivity index (χ4v) is 2.65. The number of amides is 3. The van der Waals surface area contributed by atoms with Crippen LogP contribution >= 0.6 is 0 Å². The molecule has 0 aliphatic carbocycles. The first-order valence-corrected chi connectivity index (χ1v) is 9.02. The summed E-state index contributed by atoms with van der Waals surface area (Å²) in [5.41, 5.74) is 0.589. The standard InChI is InChI=1S/C19H27N5O3/c1-19(2,3)27-18(26)24-11-9-23(10-12-24)8-7-21-17(25)22-16-6-4-5-15(13-16)14-20/h4-6,13H,7-12H2,1-3H3,(H2,21,22,25). The van der Waals surface area contributed by atoms with Crippen LogP contribution in [0, 0.1) is 11.3 Å². The molecule has 0 unspecified atom stereocenters. The van der Waals surface area contributed by atoms with E-state index in [1.165, 1.54) is 0 Å². The summed E-state index contributed by atoms with van der Waals surface area (Å²) in [6, 6.07) is 8.48. The Morgan fingerprint density at radius 1 is 1.22 bits per heavy atom. The molecule has 0 spiro atoms. The average molecular weight is 373 g/mol. The van der Waals surface area contributed by atoms with Crippen LogP contribution in [0.4, 0.5) is 15.3 Å². The molecule has 0 aromatic heterocycles. The molecule has 0 saturated carbocycles. The summed E-state index contributed by atoms with van der Waals surface area (Å²) >= 11 is 0. The van der Waals surface area contributed by atoms with Crippen molar-refractivity contribution in [3.63, 3.8) is 0 Å². The van der Waals surface area contributed by atoms with Gasteiger partial charge in [0.15, 0.2) is 0 Å². The first-order valence-electron chi connectivity index (χ1n) is 9.02. The maximum Gasteiger partial charge on any atom is 0.410 e. The van der Waals surface area contributed by atoms with Crippen molar-refractivity contribution >= 4 is 17.8 Å². The first kappa shape index (κ1) is 20.5. The molecule has 2 N–H and O–H groups in total. The smallest absolute Gasteiger partial charge is 0.410 e. The SMILES string of the molecule is CC(C)(C)OC(=O)N1CCN(CCNC(=O)Nc2cccc(C#N)c2)CC1. The normalized spacial score (nSPS) is 15.0. The van der Waals surface area contributed by atoms with Crippen molar-refractivity contribution in [2.45, 2.75) is 26.4 Å². The van der Waals surface area contributed by atoms with E-state index in [4.69, 9.17) is 10.00 Å². The molecule has 27 heavy (non-hydrogen) atoms. The lowest BCUT2D eigenvalue weighted by molar-refractivity contribution is 0.0147. The van der Waals surface area contributed by atoms with Gasteiger partial charge in [-0.05, 0) is 39.0 Å². The number of carbonyl (C=O) groups excluding carboxylic acids is 2. The van der Waals surface area contributed by atoms with Gasteiger partial charge >= 0.3 is 12.1 Å². The third-order valence-electron chi connectivity index (χ3n) is 3.99. The predicted octanol–water partition coefficient (Wildman–Crippen LogP) is 2.23. The van der Waals surface area contributed by atoms with Gasteiger partial charge in [-0.15, -0.1) is 0 Å². The molecular formula is C19H27N5O3. The lowest BCUT2D eigenvalue weighted by Gasteiger charge is -2.35. The minimum atomic E-state index is -0.488. The minimum Gasteiger partial charge on any atom is -0.444 e. The molecule has 1 fully saturated rings. The Labute approximate surface area is 160 Å². The quantitative estimate of drug-likeness (QED) is 0.843. The summed E-state index contributed by atoms with van der Waals surface area (Å²) in [4.78, 5) is 27.9. The second-order valence-corrected chi connectivity index (χ2v) is 7.38. The van der Waals surface area contributed by atoms with Crippen LogP contribution < -0.4 is 10.6 Å². The summed E-state index contributed by atoms with van der Waals surface area (Å²) in [6.45, 7) is 9.48. The first-order chi connectivity index (χ1) is 12.8. The Morgan fingerprint density at radius 2 is 1.93 bits per heavy atom. The number of nitrogens with one attached hydrogen (secondary N) is 2. The number of urea groups is 1.